The van der Waals surface area contributed by atoms with Gasteiger partial charge in [-0.1, -0.05) is 42.5 Å². The number of hydrogen-bond acceptors (Lipinski definition) is 3. The van der Waals surface area contributed by atoms with Gasteiger partial charge in [0.25, 0.3) is 0 Å². The minimum Gasteiger partial charge on any atom is -0.490 e. The molecule has 0 N–H and O–H groups in total. The molecule has 3 nitrogen and oxygen atoms in total. The van der Waals surface area contributed by atoms with Crippen LogP contribution in [0.2, 0.25) is 0 Å². The molecular weight excluding hydrogens is 324 g/mol. The molecule has 0 fully saturated rings. The molecule has 0 amide bonds. The zero-order valence-electron chi connectivity index (χ0n) is 14.9. The number of allylic oxidation sites excluding steroid dienone is 1. The Labute approximate surface area is 153 Å². The normalized spacial score (nSPS) is 10.5. The van der Waals surface area contributed by atoms with E-state index in [2.05, 4.69) is 36.9 Å². The summed E-state index contributed by atoms with van der Waals surface area (Å²) in [5, 5.41) is 2.38. The zero-order chi connectivity index (χ0) is 18.4. The van der Waals surface area contributed by atoms with Gasteiger partial charge in [0.15, 0.2) is 11.5 Å². The molecule has 0 atom stereocenters. The number of carbonyl (C=O) groups excluding carboxylic acids is 1. The minimum atomic E-state index is 0.426. The number of carbonyl (C=O) groups is 1. The van der Waals surface area contributed by atoms with Crippen LogP contribution < -0.4 is 9.47 Å². The highest BCUT2D eigenvalue weighted by molar-refractivity contribution is 5.83. The van der Waals surface area contributed by atoms with E-state index in [-0.39, 0.29) is 0 Å². The van der Waals surface area contributed by atoms with Crippen LogP contribution in [0.1, 0.15) is 28.4 Å². The van der Waals surface area contributed by atoms with Crippen LogP contribution in [0.25, 0.3) is 10.8 Å². The van der Waals surface area contributed by atoms with E-state index in [0.717, 1.165) is 17.4 Å². The highest BCUT2D eigenvalue weighted by atomic mass is 16.5. The quantitative estimate of drug-likeness (QED) is 0.407. The van der Waals surface area contributed by atoms with E-state index >= 15 is 0 Å². The van der Waals surface area contributed by atoms with Crippen LogP contribution in [0.15, 0.2) is 67.3 Å². The van der Waals surface area contributed by atoms with Gasteiger partial charge < -0.3 is 9.47 Å². The van der Waals surface area contributed by atoms with Crippen LogP contribution in [-0.2, 0) is 13.0 Å². The van der Waals surface area contributed by atoms with Crippen molar-refractivity contribution in [3.8, 4) is 11.5 Å². The first-order chi connectivity index (χ1) is 12.7. The summed E-state index contributed by atoms with van der Waals surface area (Å²) < 4.78 is 11.8. The summed E-state index contributed by atoms with van der Waals surface area (Å²) in [6, 6.07) is 18.1. The maximum atomic E-state index is 11.2. The van der Waals surface area contributed by atoms with Crippen molar-refractivity contribution in [2.24, 2.45) is 0 Å². The maximum Gasteiger partial charge on any atom is 0.165 e. The number of fused-ring (bicyclic) bond motifs is 1. The first-order valence-corrected chi connectivity index (χ1v) is 8.71. The number of benzene rings is 3. The second-order valence-electron chi connectivity index (χ2n) is 6.02. The number of hydrogen-bond donors (Lipinski definition) is 0. The smallest absolute Gasteiger partial charge is 0.165 e. The van der Waals surface area contributed by atoms with E-state index in [1.165, 1.54) is 10.8 Å². The Morgan fingerprint density at radius 3 is 2.54 bits per heavy atom. The van der Waals surface area contributed by atoms with Crippen LogP contribution in [0, 0.1) is 0 Å². The van der Waals surface area contributed by atoms with Crippen LogP contribution in [0.3, 0.4) is 0 Å². The van der Waals surface area contributed by atoms with Gasteiger partial charge in [-0.05, 0) is 47.9 Å². The topological polar surface area (TPSA) is 35.5 Å². The first kappa shape index (κ1) is 17.7. The van der Waals surface area contributed by atoms with E-state index in [1.807, 2.05) is 25.1 Å². The van der Waals surface area contributed by atoms with Crippen LogP contribution in [0.5, 0.6) is 11.5 Å². The molecule has 0 aliphatic rings. The van der Waals surface area contributed by atoms with Crippen molar-refractivity contribution in [1.82, 2.24) is 0 Å². The predicted molar refractivity (Wildman–Crippen MR) is 105 cm³/mol. The van der Waals surface area contributed by atoms with Crippen LogP contribution in [0.4, 0.5) is 0 Å². The average Bonchev–Trinajstić information content (AvgIpc) is 2.67. The van der Waals surface area contributed by atoms with Crippen molar-refractivity contribution >= 4 is 17.1 Å². The van der Waals surface area contributed by atoms with Gasteiger partial charge >= 0.3 is 0 Å². The lowest BCUT2D eigenvalue weighted by Gasteiger charge is -2.16. The summed E-state index contributed by atoms with van der Waals surface area (Å²) in [5.41, 5.74) is 2.55. The van der Waals surface area contributed by atoms with E-state index in [1.54, 1.807) is 12.1 Å². The molecule has 3 rings (SSSR count). The van der Waals surface area contributed by atoms with Crippen molar-refractivity contribution in [1.29, 1.82) is 0 Å². The van der Waals surface area contributed by atoms with Gasteiger partial charge in [0, 0.05) is 11.1 Å². The molecule has 0 unspecified atom stereocenters. The van der Waals surface area contributed by atoms with Gasteiger partial charge in [0.05, 0.1) is 6.61 Å². The fraction of sp³-hybridized carbons (Fsp3) is 0.174. The maximum absolute atomic E-state index is 11.2. The molecule has 26 heavy (non-hydrogen) atoms. The van der Waals surface area contributed by atoms with Gasteiger partial charge in [-0.3, -0.25) is 4.79 Å². The van der Waals surface area contributed by atoms with Crippen molar-refractivity contribution < 1.29 is 14.3 Å². The summed E-state index contributed by atoms with van der Waals surface area (Å²) >= 11 is 0. The average molecular weight is 346 g/mol. The number of ether oxygens (including phenoxy) is 2. The van der Waals surface area contributed by atoms with E-state index < -0.39 is 0 Å². The summed E-state index contributed by atoms with van der Waals surface area (Å²) in [6.07, 6.45) is 3.22. The third-order valence-electron chi connectivity index (χ3n) is 4.15. The Balaban J connectivity index is 1.91. The third-order valence-corrected chi connectivity index (χ3v) is 4.15. The van der Waals surface area contributed by atoms with E-state index in [0.29, 0.717) is 36.7 Å². The second kappa shape index (κ2) is 8.34. The largest absolute Gasteiger partial charge is 0.490 e. The molecule has 0 aliphatic heterocycles. The van der Waals surface area contributed by atoms with Crippen LogP contribution >= 0.6 is 0 Å². The number of rotatable bonds is 8. The summed E-state index contributed by atoms with van der Waals surface area (Å²) in [6.45, 7) is 6.63. The third kappa shape index (κ3) is 3.94. The molecule has 3 aromatic carbocycles. The molecule has 3 heteroatoms. The Bertz CT molecular complexity index is 928. The predicted octanol–water partition coefficient (Wildman–Crippen LogP) is 5.36. The molecule has 0 saturated heterocycles. The lowest BCUT2D eigenvalue weighted by molar-refractivity contribution is 0.112. The monoisotopic (exact) mass is 346 g/mol. The van der Waals surface area contributed by atoms with Gasteiger partial charge in [-0.25, -0.2) is 0 Å². The minimum absolute atomic E-state index is 0.426. The van der Waals surface area contributed by atoms with E-state index in [4.69, 9.17) is 9.47 Å². The Hall–Kier alpha value is -3.07. The van der Waals surface area contributed by atoms with E-state index in [9.17, 15) is 4.79 Å². The van der Waals surface area contributed by atoms with Crippen molar-refractivity contribution in [3.63, 3.8) is 0 Å². The Morgan fingerprint density at radius 2 is 1.81 bits per heavy atom. The molecule has 0 aliphatic carbocycles. The van der Waals surface area contributed by atoms with Gasteiger partial charge in [-0.15, -0.1) is 6.58 Å². The molecule has 0 spiro atoms. The zero-order valence-corrected chi connectivity index (χ0v) is 14.9. The Kier molecular flexibility index (Phi) is 5.69. The fourth-order valence-electron chi connectivity index (χ4n) is 2.97. The lowest BCUT2D eigenvalue weighted by Crippen LogP contribution is -2.04. The molecule has 0 radical (unpaired) electrons. The summed E-state index contributed by atoms with van der Waals surface area (Å²) in [7, 11) is 0. The van der Waals surface area contributed by atoms with Gasteiger partial charge in [0.2, 0.25) is 0 Å². The first-order valence-electron chi connectivity index (χ1n) is 8.71. The lowest BCUT2D eigenvalue weighted by atomic mass is 10.1. The fourth-order valence-corrected chi connectivity index (χ4v) is 2.97. The molecule has 0 bridgehead atoms. The molecule has 0 heterocycles. The summed E-state index contributed by atoms with van der Waals surface area (Å²) in [5.74, 6) is 1.26. The highest BCUT2D eigenvalue weighted by Crippen LogP contribution is 2.34. The SMILES string of the molecule is C=CCc1cc(C=O)cc(OCC)c1OCc1ccc2ccccc2c1. The molecular formula is C23H22O3. The van der Waals surface area contributed by atoms with Gasteiger partial charge in [-0.2, -0.15) is 0 Å². The summed E-state index contributed by atoms with van der Waals surface area (Å²) in [4.78, 5) is 11.2. The molecule has 3 aromatic rings. The van der Waals surface area contributed by atoms with Crippen molar-refractivity contribution in [2.75, 3.05) is 6.61 Å². The highest BCUT2D eigenvalue weighted by Gasteiger charge is 2.13. The van der Waals surface area contributed by atoms with Crippen molar-refractivity contribution in [2.45, 2.75) is 20.0 Å². The Morgan fingerprint density at radius 1 is 1.00 bits per heavy atom. The standard InChI is InChI=1S/C23H22O3/c1-3-7-21-13-18(15-24)14-22(25-4-2)23(21)26-16-17-10-11-19-8-5-6-9-20(19)12-17/h3,5-6,8-15H,1,4,7,16H2,2H3. The molecule has 0 aromatic heterocycles. The molecule has 0 saturated carbocycles. The second-order valence-corrected chi connectivity index (χ2v) is 6.02. The van der Waals surface area contributed by atoms with Crippen LogP contribution in [-0.4, -0.2) is 12.9 Å². The molecule has 132 valence electrons. The van der Waals surface area contributed by atoms with Gasteiger partial charge in [0.1, 0.15) is 12.9 Å². The van der Waals surface area contributed by atoms with Crippen molar-refractivity contribution in [3.05, 3.63) is 83.9 Å². The number of aldehydes is 1.